The molecular weight excluding hydrogens is 340 g/mol. The SMILES string of the molecule is CC(C)(C)OC(=O)N1CCC(c2cnccn2)C[C@H]1c1ccc(C#N)cc1. The normalized spacial score (nSPS) is 20.0. The number of likely N-dealkylation sites (tertiary alicyclic amines) is 1. The first-order chi connectivity index (χ1) is 12.9. The second-order valence-corrected chi connectivity index (χ2v) is 7.77. The van der Waals surface area contributed by atoms with Crippen molar-refractivity contribution in [3.8, 4) is 6.07 Å². The highest BCUT2D eigenvalue weighted by atomic mass is 16.6. The molecule has 0 saturated carbocycles. The van der Waals surface area contributed by atoms with E-state index in [1.54, 1.807) is 35.6 Å². The van der Waals surface area contributed by atoms with Crippen molar-refractivity contribution < 1.29 is 9.53 Å². The molecule has 2 aromatic rings. The Balaban J connectivity index is 1.88. The predicted molar refractivity (Wildman–Crippen MR) is 101 cm³/mol. The average Bonchev–Trinajstić information content (AvgIpc) is 2.67. The van der Waals surface area contributed by atoms with Gasteiger partial charge in [-0.15, -0.1) is 0 Å². The van der Waals surface area contributed by atoms with Crippen LogP contribution in [-0.4, -0.2) is 33.1 Å². The van der Waals surface area contributed by atoms with Crippen molar-refractivity contribution in [1.82, 2.24) is 14.9 Å². The number of nitriles is 1. The summed E-state index contributed by atoms with van der Waals surface area (Å²) in [6.45, 7) is 6.19. The number of carbonyl (C=O) groups excluding carboxylic acids is 1. The van der Waals surface area contributed by atoms with Crippen molar-refractivity contribution in [2.24, 2.45) is 0 Å². The highest BCUT2D eigenvalue weighted by molar-refractivity contribution is 5.69. The minimum Gasteiger partial charge on any atom is -0.444 e. The summed E-state index contributed by atoms with van der Waals surface area (Å²) in [6, 6.07) is 9.41. The molecule has 0 radical (unpaired) electrons. The Morgan fingerprint density at radius 1 is 1.26 bits per heavy atom. The standard InChI is InChI=1S/C21H24N4O2/c1-21(2,3)27-20(26)25-11-8-17(18-14-23-9-10-24-18)12-19(25)16-6-4-15(13-22)5-7-16/h4-7,9-10,14,17,19H,8,11-12H2,1-3H3/t17?,19-/m0/s1. The van der Waals surface area contributed by atoms with Crippen LogP contribution >= 0.6 is 0 Å². The summed E-state index contributed by atoms with van der Waals surface area (Å²) in [5.74, 6) is 0.220. The van der Waals surface area contributed by atoms with Crippen molar-refractivity contribution in [3.63, 3.8) is 0 Å². The molecule has 1 unspecified atom stereocenters. The lowest BCUT2D eigenvalue weighted by molar-refractivity contribution is 0.00750. The maximum Gasteiger partial charge on any atom is 0.410 e. The number of rotatable bonds is 2. The zero-order chi connectivity index (χ0) is 19.4. The van der Waals surface area contributed by atoms with Crippen LogP contribution in [0.3, 0.4) is 0 Å². The number of carbonyl (C=O) groups is 1. The van der Waals surface area contributed by atoms with Crippen LogP contribution in [0.2, 0.25) is 0 Å². The molecule has 0 N–H and O–H groups in total. The third-order valence-electron chi connectivity index (χ3n) is 4.66. The smallest absolute Gasteiger partial charge is 0.410 e. The molecule has 1 fully saturated rings. The van der Waals surface area contributed by atoms with Gasteiger partial charge in [0.2, 0.25) is 0 Å². The van der Waals surface area contributed by atoms with E-state index >= 15 is 0 Å². The molecular formula is C21H24N4O2. The van der Waals surface area contributed by atoms with Gasteiger partial charge < -0.3 is 9.64 Å². The number of hydrogen-bond donors (Lipinski definition) is 0. The van der Waals surface area contributed by atoms with Gasteiger partial charge in [-0.1, -0.05) is 12.1 Å². The Hall–Kier alpha value is -2.94. The zero-order valence-electron chi connectivity index (χ0n) is 15.9. The number of aromatic nitrogens is 2. The Bertz CT molecular complexity index is 822. The second kappa shape index (κ2) is 7.75. The highest BCUT2D eigenvalue weighted by Gasteiger charge is 2.36. The quantitative estimate of drug-likeness (QED) is 0.798. The minimum absolute atomic E-state index is 0.131. The molecule has 6 nitrogen and oxygen atoms in total. The molecule has 140 valence electrons. The monoisotopic (exact) mass is 364 g/mol. The summed E-state index contributed by atoms with van der Waals surface area (Å²) < 4.78 is 5.62. The lowest BCUT2D eigenvalue weighted by Gasteiger charge is -2.40. The van der Waals surface area contributed by atoms with Crippen molar-refractivity contribution in [3.05, 3.63) is 59.7 Å². The number of amides is 1. The Morgan fingerprint density at radius 3 is 2.59 bits per heavy atom. The number of ether oxygens (including phenoxy) is 1. The first-order valence-electron chi connectivity index (χ1n) is 9.13. The van der Waals surface area contributed by atoms with Crippen molar-refractivity contribution in [2.45, 2.75) is 51.2 Å². The van der Waals surface area contributed by atoms with Gasteiger partial charge in [0.25, 0.3) is 0 Å². The van der Waals surface area contributed by atoms with Crippen LogP contribution in [0.15, 0.2) is 42.9 Å². The topological polar surface area (TPSA) is 79.1 Å². The molecule has 1 amide bonds. The Morgan fingerprint density at radius 2 is 2.00 bits per heavy atom. The number of piperidine rings is 1. The van der Waals surface area contributed by atoms with Gasteiger partial charge in [-0.25, -0.2) is 4.79 Å². The van der Waals surface area contributed by atoms with Gasteiger partial charge in [-0.2, -0.15) is 5.26 Å². The van der Waals surface area contributed by atoms with E-state index in [-0.39, 0.29) is 18.1 Å². The molecule has 3 rings (SSSR count). The van der Waals surface area contributed by atoms with Gasteiger partial charge in [0.1, 0.15) is 5.60 Å². The van der Waals surface area contributed by atoms with Crippen LogP contribution in [0.5, 0.6) is 0 Å². The first-order valence-corrected chi connectivity index (χ1v) is 9.13. The summed E-state index contributed by atoms with van der Waals surface area (Å²) in [5, 5.41) is 9.05. The first kappa shape index (κ1) is 18.8. The molecule has 1 aliphatic heterocycles. The van der Waals surface area contributed by atoms with Gasteiger partial charge in [0.15, 0.2) is 0 Å². The lowest BCUT2D eigenvalue weighted by atomic mass is 9.85. The van der Waals surface area contributed by atoms with E-state index in [0.717, 1.165) is 24.1 Å². The summed E-state index contributed by atoms with van der Waals surface area (Å²) in [6.07, 6.45) is 6.40. The highest BCUT2D eigenvalue weighted by Crippen LogP contribution is 2.39. The van der Waals surface area contributed by atoms with Gasteiger partial charge in [0.05, 0.1) is 23.4 Å². The third kappa shape index (κ3) is 4.62. The molecule has 2 atom stereocenters. The molecule has 27 heavy (non-hydrogen) atoms. The fourth-order valence-corrected chi connectivity index (χ4v) is 3.39. The molecule has 1 aliphatic rings. The van der Waals surface area contributed by atoms with Crippen molar-refractivity contribution >= 4 is 6.09 Å². The summed E-state index contributed by atoms with van der Waals surface area (Å²) in [7, 11) is 0. The van der Waals surface area contributed by atoms with Crippen LogP contribution in [0.4, 0.5) is 4.79 Å². The van der Waals surface area contributed by atoms with Gasteiger partial charge >= 0.3 is 6.09 Å². The van der Waals surface area contributed by atoms with Gasteiger partial charge in [-0.3, -0.25) is 9.97 Å². The lowest BCUT2D eigenvalue weighted by Crippen LogP contribution is -2.43. The van der Waals surface area contributed by atoms with Crippen LogP contribution in [-0.2, 0) is 4.74 Å². The molecule has 0 aliphatic carbocycles. The van der Waals surface area contributed by atoms with Crippen molar-refractivity contribution in [2.75, 3.05) is 6.54 Å². The third-order valence-corrected chi connectivity index (χ3v) is 4.66. The molecule has 0 bridgehead atoms. The van der Waals surface area contributed by atoms with E-state index in [0.29, 0.717) is 12.1 Å². The van der Waals surface area contributed by atoms with Crippen LogP contribution < -0.4 is 0 Å². The van der Waals surface area contributed by atoms with E-state index in [1.807, 2.05) is 32.9 Å². The summed E-state index contributed by atoms with van der Waals surface area (Å²) in [4.78, 5) is 23.2. The predicted octanol–water partition coefficient (Wildman–Crippen LogP) is 4.20. The fraction of sp³-hybridized carbons (Fsp3) is 0.429. The van der Waals surface area contributed by atoms with Gasteiger partial charge in [-0.05, 0) is 51.3 Å². The Kier molecular flexibility index (Phi) is 5.41. The molecule has 0 spiro atoms. The molecule has 1 saturated heterocycles. The van der Waals surface area contributed by atoms with E-state index in [2.05, 4.69) is 16.0 Å². The average molecular weight is 364 g/mol. The van der Waals surface area contributed by atoms with Crippen LogP contribution in [0.1, 0.15) is 62.4 Å². The van der Waals surface area contributed by atoms with E-state index < -0.39 is 5.60 Å². The molecule has 2 heterocycles. The van der Waals surface area contributed by atoms with E-state index in [9.17, 15) is 4.79 Å². The second-order valence-electron chi connectivity index (χ2n) is 7.77. The molecule has 1 aromatic heterocycles. The summed E-state index contributed by atoms with van der Waals surface area (Å²) in [5.41, 5.74) is 1.99. The molecule has 6 heteroatoms. The van der Waals surface area contributed by atoms with E-state index in [1.165, 1.54) is 0 Å². The number of nitrogens with zero attached hydrogens (tertiary/aromatic N) is 4. The number of benzene rings is 1. The zero-order valence-corrected chi connectivity index (χ0v) is 15.9. The minimum atomic E-state index is -0.548. The molecule has 1 aromatic carbocycles. The van der Waals surface area contributed by atoms with Crippen LogP contribution in [0, 0.1) is 11.3 Å². The maximum atomic E-state index is 12.8. The number of hydrogen-bond acceptors (Lipinski definition) is 5. The maximum absolute atomic E-state index is 12.8. The fourth-order valence-electron chi connectivity index (χ4n) is 3.39. The van der Waals surface area contributed by atoms with Crippen LogP contribution in [0.25, 0.3) is 0 Å². The van der Waals surface area contributed by atoms with Gasteiger partial charge in [0, 0.05) is 31.1 Å². The van der Waals surface area contributed by atoms with Crippen molar-refractivity contribution in [1.29, 1.82) is 5.26 Å². The van der Waals surface area contributed by atoms with E-state index in [4.69, 9.17) is 10.00 Å². The summed E-state index contributed by atoms with van der Waals surface area (Å²) >= 11 is 0. The largest absolute Gasteiger partial charge is 0.444 e. The Labute approximate surface area is 159 Å².